The first kappa shape index (κ1) is 14.9. The molecule has 2 aromatic rings. The Morgan fingerprint density at radius 3 is 2.91 bits per heavy atom. The molecule has 1 fully saturated rings. The van der Waals surface area contributed by atoms with Gasteiger partial charge in [0.15, 0.2) is 11.5 Å². The zero-order valence-corrected chi connectivity index (χ0v) is 13.3. The maximum atomic E-state index is 9.71. The first-order chi connectivity index (χ1) is 10.6. The minimum Gasteiger partial charge on any atom is -0.504 e. The van der Waals surface area contributed by atoms with Crippen LogP contribution in [0.3, 0.4) is 0 Å². The highest BCUT2D eigenvalue weighted by Gasteiger charge is 2.30. The first-order valence-electron chi connectivity index (χ1n) is 7.63. The van der Waals surface area contributed by atoms with Gasteiger partial charge in [0.05, 0.1) is 12.8 Å². The van der Waals surface area contributed by atoms with Crippen molar-refractivity contribution in [3.63, 3.8) is 0 Å². The molecule has 0 bridgehead atoms. The van der Waals surface area contributed by atoms with Gasteiger partial charge in [0.1, 0.15) is 5.76 Å². The molecule has 1 aromatic carbocycles. The highest BCUT2D eigenvalue weighted by molar-refractivity contribution is 5.41. The molecule has 0 unspecified atom stereocenters. The van der Waals surface area contributed by atoms with Crippen LogP contribution in [0.4, 0.5) is 0 Å². The van der Waals surface area contributed by atoms with E-state index in [1.54, 1.807) is 13.2 Å². The number of likely N-dealkylation sites (tertiary alicyclic amines) is 1. The van der Waals surface area contributed by atoms with E-state index < -0.39 is 0 Å². The minimum atomic E-state index is 0.176. The van der Waals surface area contributed by atoms with Crippen LogP contribution < -0.4 is 4.74 Å². The van der Waals surface area contributed by atoms with Crippen LogP contribution in [-0.2, 0) is 6.54 Å². The number of phenols is 1. The molecule has 5 heteroatoms. The van der Waals surface area contributed by atoms with Gasteiger partial charge in [0.2, 0.25) is 0 Å². The van der Waals surface area contributed by atoms with Gasteiger partial charge in [-0.15, -0.1) is 0 Å². The second-order valence-corrected chi connectivity index (χ2v) is 5.87. The molecule has 0 saturated carbocycles. The highest BCUT2D eigenvalue weighted by atomic mass is 16.5. The molecule has 1 aliphatic heterocycles. The third kappa shape index (κ3) is 2.68. The summed E-state index contributed by atoms with van der Waals surface area (Å²) in [6, 6.07) is 5.89. The Hall–Kier alpha value is -2.01. The average molecular weight is 302 g/mol. The minimum absolute atomic E-state index is 0.176. The standard InChI is InChI=1S/C17H22N2O3/c1-11-17(12(2)22-18-11)14-5-4-8-19(14)10-13-6-7-15(20)16(9-13)21-3/h6-7,9,14,20H,4-5,8,10H2,1-3H3/t14-/m0/s1. The summed E-state index contributed by atoms with van der Waals surface area (Å²) in [5, 5.41) is 13.8. The second kappa shape index (κ2) is 6.01. The van der Waals surface area contributed by atoms with Crippen LogP contribution in [0.5, 0.6) is 11.5 Å². The Kier molecular flexibility index (Phi) is 4.07. The number of phenolic OH excluding ortho intramolecular Hbond substituents is 1. The number of aromatic hydroxyl groups is 1. The lowest BCUT2D eigenvalue weighted by Gasteiger charge is -2.24. The number of ether oxygens (including phenoxy) is 1. The van der Waals surface area contributed by atoms with Gasteiger partial charge >= 0.3 is 0 Å². The number of hydrogen-bond donors (Lipinski definition) is 1. The summed E-state index contributed by atoms with van der Waals surface area (Å²) in [4.78, 5) is 2.44. The number of nitrogens with zero attached hydrogens (tertiary/aromatic N) is 2. The van der Waals surface area contributed by atoms with Gasteiger partial charge in [-0.2, -0.15) is 0 Å². The molecular formula is C17H22N2O3. The summed E-state index contributed by atoms with van der Waals surface area (Å²) in [6.07, 6.45) is 2.29. The van der Waals surface area contributed by atoms with E-state index >= 15 is 0 Å². The molecule has 22 heavy (non-hydrogen) atoms. The van der Waals surface area contributed by atoms with Gasteiger partial charge in [0, 0.05) is 18.2 Å². The summed E-state index contributed by atoms with van der Waals surface area (Å²) in [5.74, 6) is 1.61. The third-order valence-electron chi connectivity index (χ3n) is 4.42. The first-order valence-corrected chi connectivity index (χ1v) is 7.63. The van der Waals surface area contributed by atoms with E-state index in [4.69, 9.17) is 9.26 Å². The Labute approximate surface area is 130 Å². The fraction of sp³-hybridized carbons (Fsp3) is 0.471. The van der Waals surface area contributed by atoms with E-state index in [9.17, 15) is 5.11 Å². The predicted octanol–water partition coefficient (Wildman–Crippen LogP) is 3.34. The summed E-state index contributed by atoms with van der Waals surface area (Å²) in [7, 11) is 1.57. The van der Waals surface area contributed by atoms with E-state index in [2.05, 4.69) is 10.1 Å². The predicted molar refractivity (Wildman–Crippen MR) is 83.0 cm³/mol. The van der Waals surface area contributed by atoms with Crippen molar-refractivity contribution < 1.29 is 14.4 Å². The largest absolute Gasteiger partial charge is 0.504 e. The van der Waals surface area contributed by atoms with Crippen molar-refractivity contribution in [1.29, 1.82) is 0 Å². The van der Waals surface area contributed by atoms with E-state index in [0.717, 1.165) is 36.5 Å². The highest BCUT2D eigenvalue weighted by Crippen LogP contribution is 2.37. The molecule has 0 aliphatic carbocycles. The van der Waals surface area contributed by atoms with Crippen LogP contribution >= 0.6 is 0 Å². The van der Waals surface area contributed by atoms with Crippen molar-refractivity contribution in [1.82, 2.24) is 10.1 Å². The van der Waals surface area contributed by atoms with Crippen LogP contribution in [0.2, 0.25) is 0 Å². The van der Waals surface area contributed by atoms with Crippen molar-refractivity contribution in [3.8, 4) is 11.5 Å². The molecule has 0 spiro atoms. The van der Waals surface area contributed by atoms with Crippen LogP contribution in [0.15, 0.2) is 22.7 Å². The zero-order valence-electron chi connectivity index (χ0n) is 13.3. The molecule has 1 atom stereocenters. The van der Waals surface area contributed by atoms with Crippen molar-refractivity contribution in [2.75, 3.05) is 13.7 Å². The molecule has 0 radical (unpaired) electrons. The fourth-order valence-corrected chi connectivity index (χ4v) is 3.36. The molecule has 3 rings (SSSR count). The number of hydrogen-bond acceptors (Lipinski definition) is 5. The molecule has 1 aliphatic rings. The molecule has 118 valence electrons. The lowest BCUT2D eigenvalue weighted by molar-refractivity contribution is 0.245. The second-order valence-electron chi connectivity index (χ2n) is 5.87. The van der Waals surface area contributed by atoms with E-state index in [1.165, 1.54) is 12.0 Å². The van der Waals surface area contributed by atoms with Crippen LogP contribution in [0.25, 0.3) is 0 Å². The van der Waals surface area contributed by atoms with Crippen molar-refractivity contribution >= 4 is 0 Å². The summed E-state index contributed by atoms with van der Waals surface area (Å²) in [6.45, 7) is 5.87. The number of aryl methyl sites for hydroxylation is 2. The maximum Gasteiger partial charge on any atom is 0.160 e. The molecule has 1 saturated heterocycles. The van der Waals surface area contributed by atoms with Gasteiger partial charge in [-0.05, 0) is 50.9 Å². The van der Waals surface area contributed by atoms with Crippen LogP contribution in [0, 0.1) is 13.8 Å². The molecule has 2 heterocycles. The fourth-order valence-electron chi connectivity index (χ4n) is 3.36. The molecule has 1 aromatic heterocycles. The van der Waals surface area contributed by atoms with Gasteiger partial charge in [0.25, 0.3) is 0 Å². The normalized spacial score (nSPS) is 18.8. The monoisotopic (exact) mass is 302 g/mol. The molecule has 1 N–H and O–H groups in total. The summed E-state index contributed by atoms with van der Waals surface area (Å²) in [5.41, 5.74) is 3.34. The molecule has 5 nitrogen and oxygen atoms in total. The van der Waals surface area contributed by atoms with Crippen molar-refractivity contribution in [3.05, 3.63) is 40.8 Å². The van der Waals surface area contributed by atoms with Crippen LogP contribution in [-0.4, -0.2) is 28.8 Å². The molecular weight excluding hydrogens is 280 g/mol. The Morgan fingerprint density at radius 2 is 2.23 bits per heavy atom. The topological polar surface area (TPSA) is 58.7 Å². The quantitative estimate of drug-likeness (QED) is 0.938. The summed E-state index contributed by atoms with van der Waals surface area (Å²) < 4.78 is 10.5. The number of aromatic nitrogens is 1. The van der Waals surface area contributed by atoms with E-state index in [0.29, 0.717) is 11.8 Å². The SMILES string of the molecule is COc1cc(CN2CCC[C@H]2c2c(C)noc2C)ccc1O. The van der Waals surface area contributed by atoms with Crippen molar-refractivity contribution in [2.24, 2.45) is 0 Å². The number of rotatable bonds is 4. The van der Waals surface area contributed by atoms with Gasteiger partial charge in [-0.25, -0.2) is 0 Å². The Bertz CT molecular complexity index is 646. The number of methoxy groups -OCH3 is 1. The maximum absolute atomic E-state index is 9.71. The van der Waals surface area contributed by atoms with E-state index in [1.807, 2.05) is 26.0 Å². The lowest BCUT2D eigenvalue weighted by atomic mass is 10.0. The Morgan fingerprint density at radius 1 is 1.41 bits per heavy atom. The zero-order chi connectivity index (χ0) is 15.7. The third-order valence-corrected chi connectivity index (χ3v) is 4.42. The van der Waals surface area contributed by atoms with E-state index in [-0.39, 0.29) is 5.75 Å². The van der Waals surface area contributed by atoms with Gasteiger partial charge < -0.3 is 14.4 Å². The summed E-state index contributed by atoms with van der Waals surface area (Å²) >= 11 is 0. The van der Waals surface area contributed by atoms with Crippen molar-refractivity contribution in [2.45, 2.75) is 39.3 Å². The van der Waals surface area contributed by atoms with Gasteiger partial charge in [-0.3, -0.25) is 4.90 Å². The van der Waals surface area contributed by atoms with Crippen LogP contribution in [0.1, 0.15) is 41.5 Å². The average Bonchev–Trinajstić information content (AvgIpc) is 3.07. The van der Waals surface area contributed by atoms with Gasteiger partial charge in [-0.1, -0.05) is 11.2 Å². The lowest BCUT2D eigenvalue weighted by Crippen LogP contribution is -2.23. The number of benzene rings is 1. The smallest absolute Gasteiger partial charge is 0.160 e. The molecule has 0 amide bonds. The Balaban J connectivity index is 1.82.